The van der Waals surface area contributed by atoms with E-state index in [1.807, 2.05) is 19.1 Å². The summed E-state index contributed by atoms with van der Waals surface area (Å²) in [6.07, 6.45) is 2.41. The lowest BCUT2D eigenvalue weighted by Crippen LogP contribution is -2.26. The van der Waals surface area contributed by atoms with E-state index in [1.165, 1.54) is 0 Å². The highest BCUT2D eigenvalue weighted by Crippen LogP contribution is 2.26. The summed E-state index contributed by atoms with van der Waals surface area (Å²) in [5.74, 6) is 1.02. The third-order valence-electron chi connectivity index (χ3n) is 4.12. The molecule has 0 saturated heterocycles. The van der Waals surface area contributed by atoms with Crippen molar-refractivity contribution in [3.63, 3.8) is 0 Å². The summed E-state index contributed by atoms with van der Waals surface area (Å²) in [6, 6.07) is 17.5. The number of anilines is 1. The predicted molar refractivity (Wildman–Crippen MR) is 113 cm³/mol. The number of hydrogen-bond acceptors (Lipinski definition) is 5. The fourth-order valence-electron chi connectivity index (χ4n) is 2.70. The quantitative estimate of drug-likeness (QED) is 0.529. The largest absolute Gasteiger partial charge is 0.490 e. The van der Waals surface area contributed by atoms with Gasteiger partial charge in [0.1, 0.15) is 5.76 Å². The maximum Gasteiger partial charge on any atom is 0.262 e. The lowest BCUT2D eigenvalue weighted by Gasteiger charge is -2.13. The number of furan rings is 1. The van der Waals surface area contributed by atoms with Crippen LogP contribution in [-0.2, 0) is 11.3 Å². The first-order chi connectivity index (χ1) is 14.7. The van der Waals surface area contributed by atoms with Crippen LogP contribution in [0.2, 0.25) is 0 Å². The molecule has 2 aromatic carbocycles. The molecule has 1 heterocycles. The molecule has 156 valence electrons. The molecular formula is C23H24N2O5. The van der Waals surface area contributed by atoms with Gasteiger partial charge in [-0.15, -0.1) is 0 Å². The first-order valence-electron chi connectivity index (χ1n) is 9.71. The van der Waals surface area contributed by atoms with Gasteiger partial charge in [-0.3, -0.25) is 9.59 Å². The molecule has 0 bridgehead atoms. The van der Waals surface area contributed by atoms with Gasteiger partial charge in [-0.05, 0) is 42.8 Å². The molecule has 0 fully saturated rings. The number of ether oxygens (including phenoxy) is 2. The Morgan fingerprint density at radius 2 is 1.67 bits per heavy atom. The van der Waals surface area contributed by atoms with Gasteiger partial charge in [-0.1, -0.05) is 31.2 Å². The maximum absolute atomic E-state index is 12.5. The number of carbonyl (C=O) groups is 2. The maximum atomic E-state index is 12.5. The summed E-state index contributed by atoms with van der Waals surface area (Å²) in [5, 5.41) is 5.50. The zero-order valence-electron chi connectivity index (χ0n) is 16.7. The number of rotatable bonds is 10. The van der Waals surface area contributed by atoms with Crippen LogP contribution in [0.1, 0.15) is 29.5 Å². The van der Waals surface area contributed by atoms with Gasteiger partial charge in [0, 0.05) is 0 Å². The van der Waals surface area contributed by atoms with E-state index in [2.05, 4.69) is 10.6 Å². The number of para-hydroxylation sites is 3. The van der Waals surface area contributed by atoms with Crippen LogP contribution in [0.25, 0.3) is 0 Å². The molecule has 1 aromatic heterocycles. The Morgan fingerprint density at radius 3 is 2.40 bits per heavy atom. The summed E-state index contributed by atoms with van der Waals surface area (Å²) < 4.78 is 16.5. The first-order valence-corrected chi connectivity index (χ1v) is 9.71. The summed E-state index contributed by atoms with van der Waals surface area (Å²) >= 11 is 0. The molecule has 30 heavy (non-hydrogen) atoms. The Bertz CT molecular complexity index is 969. The lowest BCUT2D eigenvalue weighted by molar-refractivity contribution is -0.118. The van der Waals surface area contributed by atoms with Gasteiger partial charge in [0.05, 0.1) is 30.7 Å². The highest BCUT2D eigenvalue weighted by molar-refractivity contribution is 6.04. The predicted octanol–water partition coefficient (Wildman–Crippen LogP) is 4.02. The Balaban J connectivity index is 1.59. The standard InChI is InChI=1S/C23H24N2O5/c1-2-13-29-20-11-5-6-12-21(20)30-16-22(26)25-19-10-4-3-9-18(19)23(27)24-15-17-8-7-14-28-17/h3-12,14H,2,13,15-16H2,1H3,(H,24,27)(H,25,26). The van der Waals surface area contributed by atoms with Crippen LogP contribution in [0, 0.1) is 0 Å². The van der Waals surface area contributed by atoms with Crippen LogP contribution < -0.4 is 20.1 Å². The SMILES string of the molecule is CCCOc1ccccc1OCC(=O)Nc1ccccc1C(=O)NCc1ccco1. The Hall–Kier alpha value is -3.74. The second kappa shape index (κ2) is 10.7. The van der Waals surface area contributed by atoms with Gasteiger partial charge < -0.3 is 24.5 Å². The van der Waals surface area contributed by atoms with Crippen molar-refractivity contribution in [2.75, 3.05) is 18.5 Å². The van der Waals surface area contributed by atoms with E-state index >= 15 is 0 Å². The van der Waals surface area contributed by atoms with Crippen LogP contribution in [0.3, 0.4) is 0 Å². The van der Waals surface area contributed by atoms with Crippen LogP contribution >= 0.6 is 0 Å². The number of benzene rings is 2. The minimum atomic E-state index is -0.383. The van der Waals surface area contributed by atoms with E-state index in [1.54, 1.807) is 54.8 Å². The number of hydrogen-bond donors (Lipinski definition) is 2. The van der Waals surface area contributed by atoms with E-state index in [0.717, 1.165) is 6.42 Å². The Kier molecular flexibility index (Phi) is 7.49. The smallest absolute Gasteiger partial charge is 0.262 e. The van der Waals surface area contributed by atoms with Gasteiger partial charge >= 0.3 is 0 Å². The highest BCUT2D eigenvalue weighted by Gasteiger charge is 2.14. The number of amides is 2. The molecule has 2 amide bonds. The summed E-state index contributed by atoms with van der Waals surface area (Å²) in [5.41, 5.74) is 0.752. The fourth-order valence-corrected chi connectivity index (χ4v) is 2.70. The van der Waals surface area contributed by atoms with Crippen LogP contribution in [-0.4, -0.2) is 25.0 Å². The molecular weight excluding hydrogens is 384 g/mol. The van der Waals surface area contributed by atoms with Gasteiger partial charge in [0.15, 0.2) is 18.1 Å². The van der Waals surface area contributed by atoms with E-state index in [4.69, 9.17) is 13.9 Å². The molecule has 3 rings (SSSR count). The van der Waals surface area contributed by atoms with E-state index in [0.29, 0.717) is 35.1 Å². The van der Waals surface area contributed by atoms with Crippen molar-refractivity contribution >= 4 is 17.5 Å². The van der Waals surface area contributed by atoms with Crippen molar-refractivity contribution in [3.05, 3.63) is 78.3 Å². The van der Waals surface area contributed by atoms with E-state index in [9.17, 15) is 9.59 Å². The molecule has 3 aromatic rings. The zero-order chi connectivity index (χ0) is 21.2. The summed E-state index contributed by atoms with van der Waals surface area (Å²) in [7, 11) is 0. The van der Waals surface area contributed by atoms with Crippen molar-refractivity contribution in [2.24, 2.45) is 0 Å². The molecule has 0 aliphatic carbocycles. The molecule has 7 nitrogen and oxygen atoms in total. The second-order valence-electron chi connectivity index (χ2n) is 6.44. The van der Waals surface area contributed by atoms with Crippen LogP contribution in [0.5, 0.6) is 11.5 Å². The van der Waals surface area contributed by atoms with Gasteiger partial charge in [0.25, 0.3) is 11.8 Å². The molecule has 0 aliphatic rings. The van der Waals surface area contributed by atoms with Crippen LogP contribution in [0.15, 0.2) is 71.3 Å². The number of carbonyl (C=O) groups excluding carboxylic acids is 2. The highest BCUT2D eigenvalue weighted by atomic mass is 16.5. The van der Waals surface area contributed by atoms with Crippen molar-refractivity contribution in [1.82, 2.24) is 5.32 Å². The average molecular weight is 408 g/mol. The molecule has 0 radical (unpaired) electrons. The number of nitrogens with one attached hydrogen (secondary N) is 2. The normalized spacial score (nSPS) is 10.3. The molecule has 7 heteroatoms. The van der Waals surface area contributed by atoms with E-state index in [-0.39, 0.29) is 25.0 Å². The second-order valence-corrected chi connectivity index (χ2v) is 6.44. The third-order valence-corrected chi connectivity index (χ3v) is 4.12. The van der Waals surface area contributed by atoms with Crippen molar-refractivity contribution < 1.29 is 23.5 Å². The van der Waals surface area contributed by atoms with Crippen molar-refractivity contribution in [1.29, 1.82) is 0 Å². The van der Waals surface area contributed by atoms with Gasteiger partial charge in [-0.2, -0.15) is 0 Å². The Morgan fingerprint density at radius 1 is 0.933 bits per heavy atom. The first kappa shape index (κ1) is 21.0. The molecule has 0 saturated carbocycles. The van der Waals surface area contributed by atoms with Crippen LogP contribution in [0.4, 0.5) is 5.69 Å². The summed E-state index contributed by atoms with van der Waals surface area (Å²) in [6.45, 7) is 2.62. The van der Waals surface area contributed by atoms with Crippen molar-refractivity contribution in [3.8, 4) is 11.5 Å². The zero-order valence-corrected chi connectivity index (χ0v) is 16.7. The molecule has 0 aliphatic heterocycles. The minimum Gasteiger partial charge on any atom is -0.490 e. The molecule has 0 spiro atoms. The third kappa shape index (κ3) is 5.88. The monoisotopic (exact) mass is 408 g/mol. The van der Waals surface area contributed by atoms with Gasteiger partial charge in [-0.25, -0.2) is 0 Å². The Labute approximate surface area is 175 Å². The minimum absolute atomic E-state index is 0.213. The van der Waals surface area contributed by atoms with Crippen molar-refractivity contribution in [2.45, 2.75) is 19.9 Å². The summed E-state index contributed by atoms with van der Waals surface area (Å²) in [4.78, 5) is 24.9. The molecule has 2 N–H and O–H groups in total. The fraction of sp³-hybridized carbons (Fsp3) is 0.217. The average Bonchev–Trinajstić information content (AvgIpc) is 3.29. The van der Waals surface area contributed by atoms with E-state index < -0.39 is 0 Å². The topological polar surface area (TPSA) is 89.8 Å². The molecule has 0 atom stereocenters. The van der Waals surface area contributed by atoms with Gasteiger partial charge in [0.2, 0.25) is 0 Å². The molecule has 0 unspecified atom stereocenters. The lowest BCUT2D eigenvalue weighted by atomic mass is 10.1.